The minimum atomic E-state index is -0.541. The topological polar surface area (TPSA) is 93.4 Å². The second kappa shape index (κ2) is 10.2. The highest BCUT2D eigenvalue weighted by molar-refractivity contribution is 9.10. The number of halogens is 1. The Hall–Kier alpha value is -1.97. The van der Waals surface area contributed by atoms with Crippen molar-refractivity contribution in [1.82, 2.24) is 5.32 Å². The molecule has 1 aromatic carbocycles. The van der Waals surface area contributed by atoms with E-state index in [0.717, 1.165) is 16.9 Å². The number of anilines is 1. The average molecular weight is 498 g/mol. The maximum atomic E-state index is 12.5. The molecule has 0 unspecified atom stereocenters. The van der Waals surface area contributed by atoms with Gasteiger partial charge in [0.15, 0.2) is 5.11 Å². The van der Waals surface area contributed by atoms with Gasteiger partial charge in [-0.25, -0.2) is 0 Å². The lowest BCUT2D eigenvalue weighted by Crippen LogP contribution is -2.34. The second-order valence-corrected chi connectivity index (χ2v) is 9.42. The van der Waals surface area contributed by atoms with Gasteiger partial charge in [0.1, 0.15) is 10.8 Å². The van der Waals surface area contributed by atoms with Crippen LogP contribution in [0.2, 0.25) is 0 Å². The van der Waals surface area contributed by atoms with Gasteiger partial charge in [-0.05, 0) is 78.1 Å². The minimum Gasteiger partial charge on any atom is -0.492 e. The summed E-state index contributed by atoms with van der Waals surface area (Å²) in [5.41, 5.74) is 7.07. The van der Waals surface area contributed by atoms with Crippen LogP contribution in [-0.2, 0) is 0 Å². The number of ether oxygens (including phenoxy) is 1. The molecule has 0 aliphatic rings. The summed E-state index contributed by atoms with van der Waals surface area (Å²) in [5.74, 6) is 0.319. The molecular weight excluding hydrogens is 474 g/mol. The van der Waals surface area contributed by atoms with Crippen LogP contribution in [0.1, 0.15) is 51.4 Å². The summed E-state index contributed by atoms with van der Waals surface area (Å²) in [6, 6.07) is 5.09. The molecule has 0 atom stereocenters. The summed E-state index contributed by atoms with van der Waals surface area (Å²) in [5, 5.41) is 6.13. The van der Waals surface area contributed by atoms with E-state index in [9.17, 15) is 9.59 Å². The predicted molar refractivity (Wildman–Crippen MR) is 125 cm³/mol. The molecular formula is C20H24BrN3O3S2. The molecule has 2 rings (SSSR count). The van der Waals surface area contributed by atoms with Gasteiger partial charge in [0.05, 0.1) is 16.6 Å². The van der Waals surface area contributed by atoms with Gasteiger partial charge in [0.2, 0.25) is 0 Å². The van der Waals surface area contributed by atoms with E-state index in [1.807, 2.05) is 13.8 Å². The van der Waals surface area contributed by atoms with E-state index in [4.69, 9.17) is 22.7 Å². The Labute approximate surface area is 188 Å². The normalized spacial score (nSPS) is 10.7. The highest BCUT2D eigenvalue weighted by atomic mass is 79.9. The van der Waals surface area contributed by atoms with Crippen LogP contribution >= 0.6 is 39.5 Å². The van der Waals surface area contributed by atoms with Crippen molar-refractivity contribution in [3.63, 3.8) is 0 Å². The number of thiocarbonyl (C=S) groups is 1. The quantitative estimate of drug-likeness (QED) is 0.478. The van der Waals surface area contributed by atoms with E-state index >= 15 is 0 Å². The third-order valence-electron chi connectivity index (χ3n) is 4.23. The molecule has 0 bridgehead atoms. The molecule has 2 aromatic rings. The molecule has 0 spiro atoms. The van der Waals surface area contributed by atoms with Crippen molar-refractivity contribution in [3.05, 3.63) is 44.2 Å². The zero-order valence-electron chi connectivity index (χ0n) is 16.7. The summed E-state index contributed by atoms with van der Waals surface area (Å²) in [7, 11) is 0. The molecule has 0 radical (unpaired) electrons. The molecule has 0 aliphatic heterocycles. The van der Waals surface area contributed by atoms with Gasteiger partial charge >= 0.3 is 0 Å². The van der Waals surface area contributed by atoms with Crippen LogP contribution in [0.3, 0.4) is 0 Å². The van der Waals surface area contributed by atoms with Gasteiger partial charge in [-0.3, -0.25) is 14.9 Å². The van der Waals surface area contributed by atoms with Crippen LogP contribution in [0.15, 0.2) is 22.7 Å². The highest BCUT2D eigenvalue weighted by Gasteiger charge is 2.19. The lowest BCUT2D eigenvalue weighted by Gasteiger charge is -2.12. The predicted octanol–water partition coefficient (Wildman–Crippen LogP) is 4.78. The van der Waals surface area contributed by atoms with Gasteiger partial charge in [0, 0.05) is 10.4 Å². The Kier molecular flexibility index (Phi) is 8.18. The number of hydrogen-bond acceptors (Lipinski definition) is 5. The van der Waals surface area contributed by atoms with Crippen LogP contribution in [0.5, 0.6) is 5.75 Å². The number of benzene rings is 1. The summed E-state index contributed by atoms with van der Waals surface area (Å²) in [6.45, 7) is 8.59. The molecule has 29 heavy (non-hydrogen) atoms. The Morgan fingerprint density at radius 2 is 2.00 bits per heavy atom. The van der Waals surface area contributed by atoms with Gasteiger partial charge < -0.3 is 15.8 Å². The first-order valence-corrected chi connectivity index (χ1v) is 11.1. The molecule has 1 heterocycles. The third kappa shape index (κ3) is 6.25. The molecule has 0 saturated heterocycles. The number of carbonyl (C=O) groups excluding carboxylic acids is 2. The molecule has 0 fully saturated rings. The van der Waals surface area contributed by atoms with Crippen molar-refractivity contribution in [3.8, 4) is 5.75 Å². The van der Waals surface area contributed by atoms with Crippen molar-refractivity contribution in [2.75, 3.05) is 11.9 Å². The van der Waals surface area contributed by atoms with E-state index in [2.05, 4.69) is 40.4 Å². The van der Waals surface area contributed by atoms with E-state index < -0.39 is 5.91 Å². The van der Waals surface area contributed by atoms with Gasteiger partial charge in [-0.1, -0.05) is 13.8 Å². The molecule has 9 heteroatoms. The summed E-state index contributed by atoms with van der Waals surface area (Å²) in [4.78, 5) is 25.2. The largest absolute Gasteiger partial charge is 0.492 e. The first kappa shape index (κ1) is 23.3. The van der Waals surface area contributed by atoms with E-state index in [0.29, 0.717) is 38.9 Å². The fraction of sp³-hybridized carbons (Fsp3) is 0.350. The number of primary amides is 1. The lowest BCUT2D eigenvalue weighted by atomic mass is 10.1. The Bertz CT molecular complexity index is 941. The van der Waals surface area contributed by atoms with Crippen molar-refractivity contribution in [2.24, 2.45) is 11.7 Å². The maximum absolute atomic E-state index is 12.5. The Balaban J connectivity index is 2.03. The molecule has 1 aromatic heterocycles. The lowest BCUT2D eigenvalue weighted by molar-refractivity contribution is 0.0975. The smallest absolute Gasteiger partial charge is 0.257 e. The van der Waals surface area contributed by atoms with E-state index in [1.165, 1.54) is 11.3 Å². The van der Waals surface area contributed by atoms with Crippen LogP contribution < -0.4 is 21.1 Å². The van der Waals surface area contributed by atoms with Crippen LogP contribution in [0, 0.1) is 19.8 Å². The summed E-state index contributed by atoms with van der Waals surface area (Å²) < 4.78 is 6.42. The number of nitrogens with two attached hydrogens (primary N) is 1. The standard InChI is InChI=1S/C20H24BrN3O3S2/c1-10(2)7-8-27-15-6-5-13(9-14(15)21)18(26)23-20(28)24-19-16(17(22)25)11(3)12(4)29-19/h5-6,9-10H,7-8H2,1-4H3,(H2,22,25)(H2,23,24,26,28). The van der Waals surface area contributed by atoms with Crippen molar-refractivity contribution >= 4 is 61.4 Å². The number of nitrogens with one attached hydrogen (secondary N) is 2. The van der Waals surface area contributed by atoms with Crippen molar-refractivity contribution in [1.29, 1.82) is 0 Å². The van der Waals surface area contributed by atoms with Crippen molar-refractivity contribution < 1.29 is 14.3 Å². The van der Waals surface area contributed by atoms with Gasteiger partial charge in [-0.15, -0.1) is 11.3 Å². The number of carbonyl (C=O) groups is 2. The zero-order valence-corrected chi connectivity index (χ0v) is 19.9. The SMILES string of the molecule is Cc1sc(NC(=S)NC(=O)c2ccc(OCCC(C)C)c(Br)c2)c(C(N)=O)c1C. The fourth-order valence-corrected chi connectivity index (χ4v) is 4.31. The molecule has 0 saturated carbocycles. The second-order valence-electron chi connectivity index (χ2n) is 6.94. The van der Waals surface area contributed by atoms with Crippen LogP contribution in [-0.4, -0.2) is 23.5 Å². The third-order valence-corrected chi connectivity index (χ3v) is 6.18. The number of thiophene rings is 1. The summed E-state index contributed by atoms with van der Waals surface area (Å²) in [6.07, 6.45) is 0.948. The molecule has 0 aliphatic carbocycles. The first-order chi connectivity index (χ1) is 13.6. The summed E-state index contributed by atoms with van der Waals surface area (Å²) >= 11 is 10.0. The first-order valence-electron chi connectivity index (χ1n) is 9.04. The van der Waals surface area contributed by atoms with Crippen molar-refractivity contribution in [2.45, 2.75) is 34.1 Å². The van der Waals surface area contributed by atoms with Gasteiger partial charge in [0.25, 0.3) is 11.8 Å². The molecule has 4 N–H and O–H groups in total. The molecule has 2 amide bonds. The maximum Gasteiger partial charge on any atom is 0.257 e. The number of hydrogen-bond donors (Lipinski definition) is 3. The zero-order chi connectivity index (χ0) is 21.7. The number of rotatable bonds is 7. The van der Waals surface area contributed by atoms with Crippen LogP contribution in [0.25, 0.3) is 0 Å². The fourth-order valence-electron chi connectivity index (χ4n) is 2.49. The average Bonchev–Trinajstić information content (AvgIpc) is 2.89. The van der Waals surface area contributed by atoms with E-state index in [1.54, 1.807) is 18.2 Å². The van der Waals surface area contributed by atoms with E-state index in [-0.39, 0.29) is 11.0 Å². The Morgan fingerprint density at radius 3 is 2.59 bits per heavy atom. The highest BCUT2D eigenvalue weighted by Crippen LogP contribution is 2.32. The van der Waals surface area contributed by atoms with Gasteiger partial charge in [-0.2, -0.15) is 0 Å². The molecule has 156 valence electrons. The minimum absolute atomic E-state index is 0.0899. The molecule has 6 nitrogen and oxygen atoms in total. The Morgan fingerprint density at radius 1 is 1.31 bits per heavy atom. The number of amides is 2. The monoisotopic (exact) mass is 497 g/mol. The van der Waals surface area contributed by atoms with Crippen LogP contribution in [0.4, 0.5) is 5.00 Å². The number of aryl methyl sites for hydroxylation is 1.